The Hall–Kier alpha value is -1.77. The Kier molecular flexibility index (Phi) is 3.89. The first-order valence-corrected chi connectivity index (χ1v) is 6.02. The number of aromatic nitrogens is 1. The van der Waals surface area contributed by atoms with Crippen molar-refractivity contribution in [2.24, 2.45) is 0 Å². The van der Waals surface area contributed by atoms with E-state index in [1.165, 1.54) is 0 Å². The van der Waals surface area contributed by atoms with Crippen LogP contribution in [0.1, 0.15) is 17.7 Å². The Bertz CT molecular complexity index is 607. The highest BCUT2D eigenvalue weighted by Crippen LogP contribution is 2.33. The van der Waals surface area contributed by atoms with Crippen LogP contribution in [-0.2, 0) is 6.18 Å². The molecule has 1 aromatic carbocycles. The third-order valence-electron chi connectivity index (χ3n) is 2.22. The van der Waals surface area contributed by atoms with Crippen molar-refractivity contribution in [2.75, 3.05) is 5.32 Å². The van der Waals surface area contributed by atoms with E-state index in [1.54, 1.807) is 0 Å². The number of benzene rings is 1. The van der Waals surface area contributed by atoms with E-state index < -0.39 is 29.7 Å². The van der Waals surface area contributed by atoms with Crippen LogP contribution in [0.4, 0.5) is 37.2 Å². The van der Waals surface area contributed by atoms with Gasteiger partial charge in [0.25, 0.3) is 6.43 Å². The van der Waals surface area contributed by atoms with Crippen LogP contribution in [0.25, 0.3) is 0 Å². The Labute approximate surface area is 113 Å². The number of rotatable bonds is 3. The number of hydrogen-bond acceptors (Lipinski definition) is 3. The van der Waals surface area contributed by atoms with E-state index in [4.69, 9.17) is 0 Å². The van der Waals surface area contributed by atoms with Gasteiger partial charge in [-0.2, -0.15) is 13.2 Å². The average Bonchev–Trinajstić information content (AvgIpc) is 2.76. The van der Waals surface area contributed by atoms with Crippen LogP contribution in [0, 0.1) is 5.82 Å². The molecule has 0 aliphatic carbocycles. The Morgan fingerprint density at radius 2 is 1.85 bits per heavy atom. The highest BCUT2D eigenvalue weighted by atomic mass is 32.1. The van der Waals surface area contributed by atoms with Crippen molar-refractivity contribution in [2.45, 2.75) is 12.6 Å². The van der Waals surface area contributed by atoms with Crippen molar-refractivity contribution in [1.29, 1.82) is 0 Å². The van der Waals surface area contributed by atoms with Crippen LogP contribution in [0.3, 0.4) is 0 Å². The molecular weight excluding hydrogens is 306 g/mol. The summed E-state index contributed by atoms with van der Waals surface area (Å²) in [5.41, 5.74) is -1.76. The molecule has 1 N–H and O–H groups in total. The molecule has 0 atom stereocenters. The first-order valence-electron chi connectivity index (χ1n) is 5.14. The van der Waals surface area contributed by atoms with E-state index in [9.17, 15) is 26.3 Å². The van der Waals surface area contributed by atoms with Gasteiger partial charge in [-0.05, 0) is 18.2 Å². The fraction of sp³-hybridized carbons (Fsp3) is 0.182. The van der Waals surface area contributed by atoms with Gasteiger partial charge in [0, 0.05) is 16.6 Å². The molecule has 2 nitrogen and oxygen atoms in total. The fourth-order valence-corrected chi connectivity index (χ4v) is 2.13. The lowest BCUT2D eigenvalue weighted by molar-refractivity contribution is -0.140. The summed E-state index contributed by atoms with van der Waals surface area (Å²) in [5.74, 6) is -0.919. The zero-order valence-electron chi connectivity index (χ0n) is 9.51. The first kappa shape index (κ1) is 14.6. The van der Waals surface area contributed by atoms with Crippen molar-refractivity contribution in [3.8, 4) is 0 Å². The van der Waals surface area contributed by atoms with Crippen LogP contribution in [0.2, 0.25) is 0 Å². The molecule has 108 valence electrons. The van der Waals surface area contributed by atoms with Gasteiger partial charge >= 0.3 is 6.18 Å². The molecule has 0 unspecified atom stereocenters. The van der Waals surface area contributed by atoms with Crippen molar-refractivity contribution in [3.63, 3.8) is 0 Å². The molecule has 0 saturated carbocycles. The zero-order chi connectivity index (χ0) is 14.9. The topological polar surface area (TPSA) is 24.9 Å². The lowest BCUT2D eigenvalue weighted by Crippen LogP contribution is -2.05. The summed E-state index contributed by atoms with van der Waals surface area (Å²) >= 11 is 0.639. The van der Waals surface area contributed by atoms with E-state index in [0.29, 0.717) is 17.4 Å². The van der Waals surface area contributed by atoms with Crippen LogP contribution in [0.15, 0.2) is 23.6 Å². The second-order valence-corrected chi connectivity index (χ2v) is 4.59. The number of thiazole rings is 1. The maximum absolute atomic E-state index is 13.1. The van der Waals surface area contributed by atoms with Gasteiger partial charge < -0.3 is 5.32 Å². The largest absolute Gasteiger partial charge is 0.434 e. The van der Waals surface area contributed by atoms with E-state index in [-0.39, 0.29) is 10.8 Å². The lowest BCUT2D eigenvalue weighted by Gasteiger charge is -2.06. The summed E-state index contributed by atoms with van der Waals surface area (Å²) in [6, 6.07) is 2.49. The maximum Gasteiger partial charge on any atom is 0.434 e. The molecule has 2 rings (SSSR count). The molecule has 9 heteroatoms. The predicted octanol–water partition coefficient (Wildman–Crippen LogP) is 4.98. The van der Waals surface area contributed by atoms with Gasteiger partial charge in [0.15, 0.2) is 10.8 Å². The molecule has 2 aromatic rings. The maximum atomic E-state index is 13.1. The quantitative estimate of drug-likeness (QED) is 0.808. The standard InChI is InChI=1S/C11H6F6N2S/c12-6-1-5(9(13)14)2-7(3-6)18-10-19-8(4-20-10)11(15,16)17/h1-4,9H,(H,18,19). The van der Waals surface area contributed by atoms with Crippen LogP contribution < -0.4 is 5.32 Å². The summed E-state index contributed by atoms with van der Waals surface area (Å²) in [6.45, 7) is 0. The van der Waals surface area contributed by atoms with Crippen LogP contribution >= 0.6 is 11.3 Å². The van der Waals surface area contributed by atoms with Gasteiger partial charge in [-0.3, -0.25) is 0 Å². The highest BCUT2D eigenvalue weighted by Gasteiger charge is 2.33. The number of halogens is 6. The van der Waals surface area contributed by atoms with Gasteiger partial charge in [0.2, 0.25) is 0 Å². The minimum absolute atomic E-state index is 0.0941. The Morgan fingerprint density at radius 3 is 2.40 bits per heavy atom. The molecule has 0 amide bonds. The molecule has 0 fully saturated rings. The van der Waals surface area contributed by atoms with E-state index in [0.717, 1.165) is 17.5 Å². The zero-order valence-corrected chi connectivity index (χ0v) is 10.3. The monoisotopic (exact) mass is 312 g/mol. The highest BCUT2D eigenvalue weighted by molar-refractivity contribution is 7.13. The van der Waals surface area contributed by atoms with Gasteiger partial charge in [0.05, 0.1) is 0 Å². The third kappa shape index (κ3) is 3.41. The molecule has 0 aliphatic rings. The third-order valence-corrected chi connectivity index (χ3v) is 2.98. The molecule has 1 heterocycles. The van der Waals surface area contributed by atoms with Crippen molar-refractivity contribution < 1.29 is 26.3 Å². The summed E-state index contributed by atoms with van der Waals surface area (Å²) in [5, 5.41) is 2.98. The van der Waals surface area contributed by atoms with Crippen LogP contribution in [-0.4, -0.2) is 4.98 Å². The average molecular weight is 312 g/mol. The fourth-order valence-electron chi connectivity index (χ4n) is 1.40. The molecular formula is C11H6F6N2S. The summed E-state index contributed by atoms with van der Waals surface area (Å²) < 4.78 is 75.0. The van der Waals surface area contributed by atoms with Crippen molar-refractivity contribution in [3.05, 3.63) is 40.7 Å². The number of anilines is 2. The van der Waals surface area contributed by atoms with E-state index in [2.05, 4.69) is 10.3 Å². The molecule has 1 aromatic heterocycles. The van der Waals surface area contributed by atoms with Gasteiger partial charge in [-0.25, -0.2) is 18.2 Å². The second-order valence-electron chi connectivity index (χ2n) is 3.73. The van der Waals surface area contributed by atoms with Gasteiger partial charge in [-0.15, -0.1) is 11.3 Å². The second kappa shape index (κ2) is 5.31. The summed E-state index contributed by atoms with van der Waals surface area (Å²) in [7, 11) is 0. The van der Waals surface area contributed by atoms with E-state index >= 15 is 0 Å². The number of hydrogen-bond donors (Lipinski definition) is 1. The SMILES string of the molecule is Fc1cc(Nc2nc(C(F)(F)F)cs2)cc(C(F)F)c1. The van der Waals surface area contributed by atoms with Crippen molar-refractivity contribution >= 4 is 22.2 Å². The first-order chi connectivity index (χ1) is 9.25. The number of nitrogens with zero attached hydrogens (tertiary/aromatic N) is 1. The molecule has 0 bridgehead atoms. The van der Waals surface area contributed by atoms with Crippen molar-refractivity contribution in [1.82, 2.24) is 4.98 Å². The Balaban J connectivity index is 2.24. The normalized spacial score (nSPS) is 11.9. The number of nitrogens with one attached hydrogen (secondary N) is 1. The van der Waals surface area contributed by atoms with Gasteiger partial charge in [0.1, 0.15) is 5.82 Å². The van der Waals surface area contributed by atoms with E-state index in [1.807, 2.05) is 0 Å². The van der Waals surface area contributed by atoms with Crippen LogP contribution in [0.5, 0.6) is 0 Å². The molecule has 0 saturated heterocycles. The molecule has 20 heavy (non-hydrogen) atoms. The molecule has 0 spiro atoms. The molecule has 0 radical (unpaired) electrons. The molecule has 0 aliphatic heterocycles. The smallest absolute Gasteiger partial charge is 0.331 e. The number of alkyl halides is 5. The predicted molar refractivity (Wildman–Crippen MR) is 61.8 cm³/mol. The minimum Gasteiger partial charge on any atom is -0.331 e. The van der Waals surface area contributed by atoms with Gasteiger partial charge in [-0.1, -0.05) is 0 Å². The summed E-state index contributed by atoms with van der Waals surface area (Å²) in [4.78, 5) is 3.25. The lowest BCUT2D eigenvalue weighted by atomic mass is 10.2. The minimum atomic E-state index is -4.59. The summed E-state index contributed by atoms with van der Waals surface area (Å²) in [6.07, 6.45) is -7.47. The Morgan fingerprint density at radius 1 is 1.15 bits per heavy atom.